The standard InChI is InChI=1S/C15H19ClO4/c16-12-7-10(8-14-15(12)20-9-19-14)13(17)5-1-3-11-4-2-6-18-11/h7-8,11,13,17H,1-6,9H2. The number of rotatable bonds is 5. The number of hydrogen-bond donors (Lipinski definition) is 1. The van der Waals surface area contributed by atoms with Crippen molar-refractivity contribution in [3.8, 4) is 11.5 Å². The summed E-state index contributed by atoms with van der Waals surface area (Å²) in [7, 11) is 0. The Balaban J connectivity index is 1.56. The van der Waals surface area contributed by atoms with Crippen LogP contribution in [0.1, 0.15) is 43.8 Å². The molecule has 0 saturated carbocycles. The van der Waals surface area contributed by atoms with E-state index in [2.05, 4.69) is 0 Å². The Morgan fingerprint density at radius 3 is 3.05 bits per heavy atom. The van der Waals surface area contributed by atoms with Crippen molar-refractivity contribution in [2.24, 2.45) is 0 Å². The molecular weight excluding hydrogens is 280 g/mol. The third-order valence-electron chi connectivity index (χ3n) is 3.86. The summed E-state index contributed by atoms with van der Waals surface area (Å²) in [5, 5.41) is 10.7. The molecule has 5 heteroatoms. The van der Waals surface area contributed by atoms with Gasteiger partial charge in [-0.2, -0.15) is 0 Å². The minimum atomic E-state index is -0.525. The van der Waals surface area contributed by atoms with Gasteiger partial charge in [0.15, 0.2) is 11.5 Å². The lowest BCUT2D eigenvalue weighted by atomic mass is 10.0. The molecule has 2 unspecified atom stereocenters. The second-order valence-corrected chi connectivity index (χ2v) is 5.73. The van der Waals surface area contributed by atoms with E-state index in [9.17, 15) is 5.11 Å². The number of aliphatic hydroxyl groups excluding tert-OH is 1. The van der Waals surface area contributed by atoms with E-state index in [-0.39, 0.29) is 6.79 Å². The zero-order valence-corrected chi connectivity index (χ0v) is 12.1. The van der Waals surface area contributed by atoms with Gasteiger partial charge >= 0.3 is 0 Å². The van der Waals surface area contributed by atoms with Crippen molar-refractivity contribution in [3.63, 3.8) is 0 Å². The average Bonchev–Trinajstić information content (AvgIpc) is 3.08. The molecule has 1 fully saturated rings. The van der Waals surface area contributed by atoms with Gasteiger partial charge in [0, 0.05) is 6.61 Å². The molecule has 4 nitrogen and oxygen atoms in total. The van der Waals surface area contributed by atoms with E-state index in [0.717, 1.165) is 37.9 Å². The number of halogens is 1. The van der Waals surface area contributed by atoms with E-state index in [0.29, 0.717) is 29.0 Å². The molecule has 0 spiro atoms. The molecule has 1 saturated heterocycles. The Hall–Kier alpha value is -0.970. The van der Waals surface area contributed by atoms with Gasteiger partial charge in [-0.1, -0.05) is 11.6 Å². The predicted octanol–water partition coefficient (Wildman–Crippen LogP) is 3.45. The van der Waals surface area contributed by atoms with E-state index < -0.39 is 6.10 Å². The maximum atomic E-state index is 10.3. The molecule has 2 aliphatic heterocycles. The van der Waals surface area contributed by atoms with Crippen molar-refractivity contribution in [1.82, 2.24) is 0 Å². The van der Waals surface area contributed by atoms with Crippen LogP contribution in [0.3, 0.4) is 0 Å². The molecule has 0 aromatic heterocycles. The molecule has 2 atom stereocenters. The largest absolute Gasteiger partial charge is 0.454 e. The fourth-order valence-corrected chi connectivity index (χ4v) is 3.03. The van der Waals surface area contributed by atoms with Crippen LogP contribution >= 0.6 is 11.6 Å². The smallest absolute Gasteiger partial charge is 0.231 e. The van der Waals surface area contributed by atoms with Crippen molar-refractivity contribution >= 4 is 11.6 Å². The van der Waals surface area contributed by atoms with Crippen LogP contribution in [0, 0.1) is 0 Å². The van der Waals surface area contributed by atoms with Crippen molar-refractivity contribution in [3.05, 3.63) is 22.7 Å². The molecule has 0 radical (unpaired) electrons. The Morgan fingerprint density at radius 2 is 2.25 bits per heavy atom. The first-order valence-corrected chi connectivity index (χ1v) is 7.50. The van der Waals surface area contributed by atoms with Gasteiger partial charge in [-0.25, -0.2) is 0 Å². The molecular formula is C15H19ClO4. The maximum Gasteiger partial charge on any atom is 0.231 e. The van der Waals surface area contributed by atoms with E-state index in [1.54, 1.807) is 6.07 Å². The Morgan fingerprint density at radius 1 is 1.35 bits per heavy atom. The van der Waals surface area contributed by atoms with Gasteiger partial charge in [-0.05, 0) is 49.8 Å². The Kier molecular flexibility index (Phi) is 4.34. The topological polar surface area (TPSA) is 47.9 Å². The van der Waals surface area contributed by atoms with Gasteiger partial charge in [0.1, 0.15) is 0 Å². The van der Waals surface area contributed by atoms with Crippen molar-refractivity contribution < 1.29 is 19.3 Å². The highest BCUT2D eigenvalue weighted by Gasteiger charge is 2.21. The zero-order valence-electron chi connectivity index (χ0n) is 11.3. The first-order chi connectivity index (χ1) is 9.74. The number of aliphatic hydroxyl groups is 1. The van der Waals surface area contributed by atoms with Gasteiger partial charge in [0.05, 0.1) is 17.2 Å². The van der Waals surface area contributed by atoms with Gasteiger partial charge in [0.2, 0.25) is 6.79 Å². The highest BCUT2D eigenvalue weighted by Crippen LogP contribution is 2.41. The van der Waals surface area contributed by atoms with E-state index in [1.807, 2.05) is 6.07 Å². The van der Waals surface area contributed by atoms with Crippen LogP contribution in [0.15, 0.2) is 12.1 Å². The summed E-state index contributed by atoms with van der Waals surface area (Å²) >= 11 is 6.12. The molecule has 110 valence electrons. The molecule has 3 rings (SSSR count). The van der Waals surface area contributed by atoms with E-state index in [4.69, 9.17) is 25.8 Å². The van der Waals surface area contributed by atoms with Crippen LogP contribution < -0.4 is 9.47 Å². The molecule has 0 bridgehead atoms. The third kappa shape index (κ3) is 3.03. The lowest BCUT2D eigenvalue weighted by Crippen LogP contribution is -2.06. The summed E-state index contributed by atoms with van der Waals surface area (Å²) in [5.74, 6) is 1.19. The van der Waals surface area contributed by atoms with Crippen molar-refractivity contribution in [2.75, 3.05) is 13.4 Å². The summed E-state index contributed by atoms with van der Waals surface area (Å²) in [5.41, 5.74) is 0.784. The van der Waals surface area contributed by atoms with Crippen molar-refractivity contribution in [2.45, 2.75) is 44.3 Å². The van der Waals surface area contributed by atoms with Gasteiger partial charge in [-0.15, -0.1) is 0 Å². The first-order valence-electron chi connectivity index (χ1n) is 7.13. The molecule has 20 heavy (non-hydrogen) atoms. The summed E-state index contributed by atoms with van der Waals surface area (Å²) in [6.45, 7) is 1.07. The fourth-order valence-electron chi connectivity index (χ4n) is 2.76. The highest BCUT2D eigenvalue weighted by atomic mass is 35.5. The minimum Gasteiger partial charge on any atom is -0.454 e. The molecule has 1 N–H and O–H groups in total. The van der Waals surface area contributed by atoms with Crippen LogP contribution in [0.25, 0.3) is 0 Å². The van der Waals surface area contributed by atoms with Crippen LogP contribution in [-0.4, -0.2) is 24.6 Å². The SMILES string of the molecule is OC(CCCC1CCCO1)c1cc(Cl)c2c(c1)OCO2. The van der Waals surface area contributed by atoms with Crippen LogP contribution in [0.5, 0.6) is 11.5 Å². The number of benzene rings is 1. The summed E-state index contributed by atoms with van der Waals surface area (Å²) in [4.78, 5) is 0. The molecule has 2 aliphatic rings. The van der Waals surface area contributed by atoms with Crippen LogP contribution in [0.2, 0.25) is 5.02 Å². The lowest BCUT2D eigenvalue weighted by Gasteiger charge is -2.14. The van der Waals surface area contributed by atoms with Crippen LogP contribution in [0.4, 0.5) is 0 Å². The normalized spacial score (nSPS) is 22.2. The quantitative estimate of drug-likeness (QED) is 0.904. The minimum absolute atomic E-state index is 0.188. The monoisotopic (exact) mass is 298 g/mol. The molecule has 0 aliphatic carbocycles. The predicted molar refractivity (Wildman–Crippen MR) is 75.4 cm³/mol. The van der Waals surface area contributed by atoms with Crippen molar-refractivity contribution in [1.29, 1.82) is 0 Å². The van der Waals surface area contributed by atoms with Gasteiger partial charge in [0.25, 0.3) is 0 Å². The molecule has 1 aromatic carbocycles. The van der Waals surface area contributed by atoms with E-state index >= 15 is 0 Å². The van der Waals surface area contributed by atoms with E-state index in [1.165, 1.54) is 0 Å². The van der Waals surface area contributed by atoms with Gasteiger partial charge < -0.3 is 19.3 Å². The molecule has 0 amide bonds. The average molecular weight is 299 g/mol. The second-order valence-electron chi connectivity index (χ2n) is 5.32. The molecule has 1 aromatic rings. The number of hydrogen-bond acceptors (Lipinski definition) is 4. The summed E-state index contributed by atoms with van der Waals surface area (Å²) in [6, 6.07) is 3.57. The summed E-state index contributed by atoms with van der Waals surface area (Å²) < 4.78 is 16.2. The number of ether oxygens (including phenoxy) is 3. The maximum absolute atomic E-state index is 10.3. The third-order valence-corrected chi connectivity index (χ3v) is 4.14. The van der Waals surface area contributed by atoms with Crippen LogP contribution in [-0.2, 0) is 4.74 Å². The zero-order chi connectivity index (χ0) is 13.9. The Labute approximate surface area is 123 Å². The summed E-state index contributed by atoms with van der Waals surface area (Å²) in [6.07, 6.45) is 4.81. The highest BCUT2D eigenvalue weighted by molar-refractivity contribution is 6.32. The number of fused-ring (bicyclic) bond motifs is 1. The lowest BCUT2D eigenvalue weighted by molar-refractivity contribution is 0.0944. The molecule has 2 heterocycles. The van der Waals surface area contributed by atoms with Gasteiger partial charge in [-0.3, -0.25) is 0 Å². The Bertz CT molecular complexity index is 471. The first kappa shape index (κ1) is 14.0. The fraction of sp³-hybridized carbons (Fsp3) is 0.600. The second kappa shape index (κ2) is 6.20.